The Labute approximate surface area is 186 Å². The molecular weight excluding hydrogens is 412 g/mol. The van der Waals surface area contributed by atoms with E-state index in [1.165, 1.54) is 0 Å². The second-order valence-electron chi connectivity index (χ2n) is 7.94. The smallest absolute Gasteiger partial charge is 0.263 e. The topological polar surface area (TPSA) is 64.4 Å². The van der Waals surface area contributed by atoms with Crippen LogP contribution in [0.1, 0.15) is 25.0 Å². The zero-order valence-electron chi connectivity index (χ0n) is 17.6. The van der Waals surface area contributed by atoms with Crippen LogP contribution in [-0.4, -0.2) is 16.5 Å². The number of carbonyl (C=O) groups is 1. The molecule has 4 aromatic rings. The quantitative estimate of drug-likeness (QED) is 0.408. The Hall–Kier alpha value is -3.31. The third-order valence-corrected chi connectivity index (χ3v) is 5.18. The summed E-state index contributed by atoms with van der Waals surface area (Å²) in [6, 6.07) is 20.6. The predicted molar refractivity (Wildman–Crippen MR) is 122 cm³/mol. The molecule has 6 heteroatoms. The van der Waals surface area contributed by atoms with Gasteiger partial charge in [-0.25, -0.2) is 4.98 Å². The number of oxazole rings is 1. The minimum atomic E-state index is -1.02. The number of carbonyl (C=O) groups excluding carboxylic acids is 1. The molecule has 1 amide bonds. The molecule has 0 aliphatic rings. The largest absolute Gasteiger partial charge is 0.478 e. The van der Waals surface area contributed by atoms with Crippen molar-refractivity contribution in [2.24, 2.45) is 0 Å². The molecule has 0 saturated carbocycles. The molecule has 0 bridgehead atoms. The third kappa shape index (κ3) is 4.89. The second-order valence-corrected chi connectivity index (χ2v) is 8.37. The fourth-order valence-electron chi connectivity index (χ4n) is 3.16. The van der Waals surface area contributed by atoms with Crippen LogP contribution >= 0.6 is 11.6 Å². The van der Waals surface area contributed by atoms with E-state index in [-0.39, 0.29) is 5.91 Å². The molecule has 0 spiro atoms. The zero-order chi connectivity index (χ0) is 22.0. The van der Waals surface area contributed by atoms with Gasteiger partial charge in [0.2, 0.25) is 5.89 Å². The summed E-state index contributed by atoms with van der Waals surface area (Å²) < 4.78 is 11.7. The normalized spacial score (nSPS) is 11.5. The maximum Gasteiger partial charge on any atom is 0.263 e. The third-order valence-electron chi connectivity index (χ3n) is 4.93. The van der Waals surface area contributed by atoms with Crippen molar-refractivity contribution in [1.82, 2.24) is 10.3 Å². The van der Waals surface area contributed by atoms with Gasteiger partial charge in [-0.1, -0.05) is 29.8 Å². The van der Waals surface area contributed by atoms with E-state index in [9.17, 15) is 4.79 Å². The average Bonchev–Trinajstić information content (AvgIpc) is 3.17. The Morgan fingerprint density at radius 1 is 1.06 bits per heavy atom. The van der Waals surface area contributed by atoms with Crippen molar-refractivity contribution in [1.29, 1.82) is 0 Å². The van der Waals surface area contributed by atoms with E-state index in [1.54, 1.807) is 38.1 Å². The standard InChI is InChI=1S/C25H23ClN2O3/c1-16-4-13-21-22(14-16)30-23(28-21)18-7-5-17(6-8-18)15-27-24(29)25(2,3)31-20-11-9-19(26)10-12-20/h4-14H,15H2,1-3H3,(H,27,29). The minimum absolute atomic E-state index is 0.208. The van der Waals surface area contributed by atoms with Gasteiger partial charge in [0.05, 0.1) is 0 Å². The first-order valence-electron chi connectivity index (χ1n) is 9.99. The van der Waals surface area contributed by atoms with Crippen LogP contribution in [0.15, 0.2) is 71.1 Å². The molecule has 3 aromatic carbocycles. The first-order valence-corrected chi connectivity index (χ1v) is 10.4. The number of benzene rings is 3. The summed E-state index contributed by atoms with van der Waals surface area (Å²) in [6.07, 6.45) is 0. The highest BCUT2D eigenvalue weighted by Crippen LogP contribution is 2.25. The maximum absolute atomic E-state index is 12.6. The van der Waals surface area contributed by atoms with E-state index in [4.69, 9.17) is 20.8 Å². The van der Waals surface area contributed by atoms with Crippen LogP contribution in [-0.2, 0) is 11.3 Å². The zero-order valence-corrected chi connectivity index (χ0v) is 18.4. The van der Waals surface area contributed by atoms with Crippen molar-refractivity contribution in [3.05, 3.63) is 82.9 Å². The SMILES string of the molecule is Cc1ccc2nc(-c3ccc(CNC(=O)C(C)(C)Oc4ccc(Cl)cc4)cc3)oc2c1. The number of aryl methyl sites for hydroxylation is 1. The summed E-state index contributed by atoms with van der Waals surface area (Å²) in [5.41, 5.74) is 3.56. The van der Waals surface area contributed by atoms with Crippen molar-refractivity contribution >= 4 is 28.6 Å². The number of aromatic nitrogens is 1. The summed E-state index contributed by atoms with van der Waals surface area (Å²) in [4.78, 5) is 17.2. The lowest BCUT2D eigenvalue weighted by atomic mass is 10.1. The maximum atomic E-state index is 12.6. The van der Waals surface area contributed by atoms with Gasteiger partial charge in [0.15, 0.2) is 11.2 Å². The number of rotatable bonds is 6. The molecule has 158 valence electrons. The van der Waals surface area contributed by atoms with E-state index >= 15 is 0 Å². The van der Waals surface area contributed by atoms with E-state index in [0.29, 0.717) is 23.2 Å². The van der Waals surface area contributed by atoms with Crippen molar-refractivity contribution in [2.45, 2.75) is 32.9 Å². The van der Waals surface area contributed by atoms with Crippen molar-refractivity contribution in [3.8, 4) is 17.2 Å². The monoisotopic (exact) mass is 434 g/mol. The Morgan fingerprint density at radius 2 is 1.77 bits per heavy atom. The van der Waals surface area contributed by atoms with Crippen LogP contribution < -0.4 is 10.1 Å². The van der Waals surface area contributed by atoms with Gasteiger partial charge in [-0.15, -0.1) is 0 Å². The number of nitrogens with one attached hydrogen (secondary N) is 1. The molecule has 0 fully saturated rings. The molecule has 31 heavy (non-hydrogen) atoms. The number of amides is 1. The summed E-state index contributed by atoms with van der Waals surface area (Å²) in [6.45, 7) is 5.87. The van der Waals surface area contributed by atoms with Crippen LogP contribution in [0.5, 0.6) is 5.75 Å². The molecule has 0 unspecified atom stereocenters. The Bertz CT molecular complexity index is 1210. The molecule has 5 nitrogen and oxygen atoms in total. The van der Waals surface area contributed by atoms with Gasteiger partial charge in [-0.3, -0.25) is 4.79 Å². The lowest BCUT2D eigenvalue weighted by molar-refractivity contribution is -0.134. The number of fused-ring (bicyclic) bond motifs is 1. The molecule has 1 aromatic heterocycles. The molecule has 0 aliphatic carbocycles. The van der Waals surface area contributed by atoms with Crippen LogP contribution in [0, 0.1) is 6.92 Å². The van der Waals surface area contributed by atoms with Gasteiger partial charge in [-0.2, -0.15) is 0 Å². The number of halogens is 1. The van der Waals surface area contributed by atoms with Crippen LogP contribution in [0.25, 0.3) is 22.6 Å². The average molecular weight is 435 g/mol. The molecule has 0 atom stereocenters. The molecule has 0 aliphatic heterocycles. The van der Waals surface area contributed by atoms with Crippen LogP contribution in [0.4, 0.5) is 0 Å². The van der Waals surface area contributed by atoms with Crippen molar-refractivity contribution in [3.63, 3.8) is 0 Å². The van der Waals surface area contributed by atoms with Gasteiger partial charge in [-0.05, 0) is 80.4 Å². The minimum Gasteiger partial charge on any atom is -0.478 e. The number of nitrogens with zero attached hydrogens (tertiary/aromatic N) is 1. The second kappa shape index (κ2) is 8.44. The highest BCUT2D eigenvalue weighted by Gasteiger charge is 2.29. The highest BCUT2D eigenvalue weighted by atomic mass is 35.5. The summed E-state index contributed by atoms with van der Waals surface area (Å²) in [5, 5.41) is 3.55. The highest BCUT2D eigenvalue weighted by molar-refractivity contribution is 6.30. The van der Waals surface area contributed by atoms with E-state index in [2.05, 4.69) is 10.3 Å². The Morgan fingerprint density at radius 3 is 2.48 bits per heavy atom. The lowest BCUT2D eigenvalue weighted by Gasteiger charge is -2.25. The van der Waals surface area contributed by atoms with E-state index in [0.717, 1.165) is 27.8 Å². The predicted octanol–water partition coefficient (Wildman–Crippen LogP) is 5.93. The van der Waals surface area contributed by atoms with Gasteiger partial charge in [0.1, 0.15) is 11.3 Å². The van der Waals surface area contributed by atoms with Crippen LogP contribution in [0.3, 0.4) is 0 Å². The summed E-state index contributed by atoms with van der Waals surface area (Å²) in [7, 11) is 0. The van der Waals surface area contributed by atoms with E-state index in [1.807, 2.05) is 49.4 Å². The molecule has 1 N–H and O–H groups in total. The Kier molecular flexibility index (Phi) is 5.70. The van der Waals surface area contributed by atoms with E-state index < -0.39 is 5.60 Å². The fourth-order valence-corrected chi connectivity index (χ4v) is 3.29. The van der Waals surface area contributed by atoms with Gasteiger partial charge < -0.3 is 14.5 Å². The first kappa shape index (κ1) is 20.9. The molecule has 0 saturated heterocycles. The number of hydrogen-bond acceptors (Lipinski definition) is 4. The van der Waals surface area contributed by atoms with Gasteiger partial charge in [0, 0.05) is 17.1 Å². The number of ether oxygens (including phenoxy) is 1. The molecular formula is C25H23ClN2O3. The molecule has 0 radical (unpaired) electrons. The fraction of sp³-hybridized carbons (Fsp3) is 0.200. The summed E-state index contributed by atoms with van der Waals surface area (Å²) in [5.74, 6) is 0.956. The van der Waals surface area contributed by atoms with Crippen LogP contribution in [0.2, 0.25) is 5.02 Å². The molecule has 4 rings (SSSR count). The van der Waals surface area contributed by atoms with Crippen molar-refractivity contribution in [2.75, 3.05) is 0 Å². The lowest BCUT2D eigenvalue weighted by Crippen LogP contribution is -2.46. The van der Waals surface area contributed by atoms with Crippen molar-refractivity contribution < 1.29 is 13.9 Å². The number of hydrogen-bond donors (Lipinski definition) is 1. The van der Waals surface area contributed by atoms with Gasteiger partial charge >= 0.3 is 0 Å². The summed E-state index contributed by atoms with van der Waals surface area (Å²) >= 11 is 5.90. The molecule has 1 heterocycles. The Balaban J connectivity index is 1.39. The van der Waals surface area contributed by atoms with Gasteiger partial charge in [0.25, 0.3) is 5.91 Å². The first-order chi connectivity index (χ1) is 14.8.